The van der Waals surface area contributed by atoms with E-state index in [-0.39, 0.29) is 0 Å². The van der Waals surface area contributed by atoms with E-state index >= 15 is 0 Å². The largest absolute Gasteiger partial charge is 0.366 e. The molecule has 0 radical (unpaired) electrons. The summed E-state index contributed by atoms with van der Waals surface area (Å²) in [5.74, 6) is 2.24. The van der Waals surface area contributed by atoms with Gasteiger partial charge in [0.2, 0.25) is 0 Å². The van der Waals surface area contributed by atoms with Crippen molar-refractivity contribution in [3.63, 3.8) is 0 Å². The number of anilines is 4. The summed E-state index contributed by atoms with van der Waals surface area (Å²) in [4.78, 5) is 0. The van der Waals surface area contributed by atoms with Crippen LogP contribution in [0.25, 0.3) is 0 Å². The van der Waals surface area contributed by atoms with Gasteiger partial charge in [-0.2, -0.15) is 0 Å². The maximum absolute atomic E-state index is 3.67. The molecule has 4 atom stereocenters. The number of nitrogens with zero attached hydrogens (tertiary/aromatic N) is 1. The second-order valence-corrected chi connectivity index (χ2v) is 14.0. The topological polar surface area (TPSA) is 15.3 Å². The van der Waals surface area contributed by atoms with E-state index in [9.17, 15) is 0 Å². The van der Waals surface area contributed by atoms with Crippen molar-refractivity contribution < 1.29 is 0 Å². The van der Waals surface area contributed by atoms with Gasteiger partial charge >= 0.3 is 0 Å². The summed E-state index contributed by atoms with van der Waals surface area (Å²) in [6, 6.07) is 17.7. The molecule has 1 aliphatic heterocycles. The minimum Gasteiger partial charge on any atom is -0.366 e. The summed E-state index contributed by atoms with van der Waals surface area (Å²) in [7, 11) is -1.84. The van der Waals surface area contributed by atoms with E-state index < -0.39 is 8.24 Å². The normalized spacial score (nSPS) is 27.2. The Kier molecular flexibility index (Phi) is 4.66. The van der Waals surface area contributed by atoms with Crippen LogP contribution in [-0.4, -0.2) is 8.24 Å². The first-order valence-corrected chi connectivity index (χ1v) is 14.2. The molecule has 0 spiro atoms. The van der Waals surface area contributed by atoms with E-state index in [1.54, 1.807) is 0 Å². The van der Waals surface area contributed by atoms with Gasteiger partial charge in [0, 0.05) is 0 Å². The van der Waals surface area contributed by atoms with E-state index in [4.69, 9.17) is 0 Å². The highest BCUT2D eigenvalue weighted by molar-refractivity contribution is 6.84. The fourth-order valence-electron chi connectivity index (χ4n) is 6.21. The monoisotopic (exact) mass is 400 g/mol. The lowest BCUT2D eigenvalue weighted by molar-refractivity contribution is 0.390. The molecule has 3 aliphatic rings. The van der Waals surface area contributed by atoms with Gasteiger partial charge in [0.1, 0.15) is 0 Å². The summed E-state index contributed by atoms with van der Waals surface area (Å²) in [5, 5.41) is 3.67. The van der Waals surface area contributed by atoms with Crippen molar-refractivity contribution in [2.45, 2.75) is 44.8 Å². The molecule has 1 N–H and O–H groups in total. The Morgan fingerprint density at radius 1 is 0.897 bits per heavy atom. The third-order valence-electron chi connectivity index (χ3n) is 7.49. The Bertz CT molecular complexity index is 915. The third-order valence-corrected chi connectivity index (χ3v) is 11.6. The summed E-state index contributed by atoms with van der Waals surface area (Å²) in [6.45, 7) is 7.55. The second kappa shape index (κ2) is 7.21. The first-order chi connectivity index (χ1) is 14.1. The van der Waals surface area contributed by atoms with Crippen LogP contribution in [0.5, 0.6) is 0 Å². The highest BCUT2D eigenvalue weighted by Gasteiger charge is 2.52. The fourth-order valence-corrected chi connectivity index (χ4v) is 10.3. The van der Waals surface area contributed by atoms with Gasteiger partial charge in [-0.25, -0.2) is 0 Å². The van der Waals surface area contributed by atoms with Crippen molar-refractivity contribution in [3.05, 3.63) is 72.8 Å². The van der Waals surface area contributed by atoms with Crippen molar-refractivity contribution in [3.8, 4) is 0 Å². The quantitative estimate of drug-likeness (QED) is 0.531. The fraction of sp³-hybridized carbons (Fsp3) is 0.385. The predicted octanol–water partition coefficient (Wildman–Crippen LogP) is 7.64. The van der Waals surface area contributed by atoms with E-state index in [1.165, 1.54) is 42.0 Å². The van der Waals surface area contributed by atoms with Gasteiger partial charge in [-0.3, -0.25) is 0 Å². The summed E-state index contributed by atoms with van der Waals surface area (Å²) >= 11 is 0. The van der Waals surface area contributed by atoms with Crippen molar-refractivity contribution >= 4 is 31.0 Å². The molecule has 3 heteroatoms. The molecule has 150 valence electrons. The average Bonchev–Trinajstić information content (AvgIpc) is 3.11. The van der Waals surface area contributed by atoms with Crippen LogP contribution in [0.4, 0.5) is 22.7 Å². The van der Waals surface area contributed by atoms with Crippen LogP contribution >= 0.6 is 0 Å². The van der Waals surface area contributed by atoms with E-state index in [2.05, 4.69) is 103 Å². The standard InChI is InChI=1S/C26H32N2Si/c1-4-11-19-18-26(21-13-6-5-12-20(19)21)29(2,3)28-24-16-9-7-14-22(24)27-23-15-8-10-17-25(23)28/h5-10,12-17,19-21,26-27H,4,11,18H2,1-3H3/t19-,20-,21-,26?/m0/s1. The maximum Gasteiger partial charge on any atom is 0.160 e. The van der Waals surface area contributed by atoms with Crippen molar-refractivity contribution in [2.75, 3.05) is 9.88 Å². The Morgan fingerprint density at radius 2 is 1.48 bits per heavy atom. The van der Waals surface area contributed by atoms with E-state index in [0.29, 0.717) is 5.92 Å². The molecule has 1 fully saturated rings. The van der Waals surface area contributed by atoms with Crippen LogP contribution in [0.15, 0.2) is 72.8 Å². The van der Waals surface area contributed by atoms with Gasteiger partial charge in [-0.1, -0.05) is 81.4 Å². The maximum atomic E-state index is 3.67. The van der Waals surface area contributed by atoms with Gasteiger partial charge in [0.05, 0.1) is 22.7 Å². The second-order valence-electron chi connectivity index (χ2n) is 9.46. The van der Waals surface area contributed by atoms with Gasteiger partial charge in [0.25, 0.3) is 0 Å². The SMILES string of the molecule is CCC[C@H]1CC([Si](C)(C)N2c3ccccc3Nc3ccccc32)[C@H]2C=CC=C[C@@H]12. The minimum atomic E-state index is -1.84. The number of para-hydroxylation sites is 4. The van der Waals surface area contributed by atoms with Crippen molar-refractivity contribution in [1.82, 2.24) is 0 Å². The lowest BCUT2D eigenvalue weighted by Gasteiger charge is -2.48. The molecule has 2 aliphatic carbocycles. The average molecular weight is 401 g/mol. The Morgan fingerprint density at radius 3 is 2.10 bits per heavy atom. The molecule has 1 unspecified atom stereocenters. The number of allylic oxidation sites excluding steroid dienone is 4. The van der Waals surface area contributed by atoms with Crippen LogP contribution in [0.3, 0.4) is 0 Å². The molecular weight excluding hydrogens is 368 g/mol. The van der Waals surface area contributed by atoms with Crippen LogP contribution in [0.1, 0.15) is 26.2 Å². The minimum absolute atomic E-state index is 0.687. The number of nitrogens with one attached hydrogen (secondary N) is 1. The molecule has 0 amide bonds. The van der Waals surface area contributed by atoms with Gasteiger partial charge < -0.3 is 9.88 Å². The predicted molar refractivity (Wildman–Crippen MR) is 128 cm³/mol. The molecular formula is C26H32N2Si. The summed E-state index contributed by atoms with van der Waals surface area (Å²) in [5.41, 5.74) is 5.95. The highest BCUT2D eigenvalue weighted by atomic mass is 28.3. The Balaban J connectivity index is 1.60. The van der Waals surface area contributed by atoms with Crippen molar-refractivity contribution in [1.29, 1.82) is 0 Å². The molecule has 0 bridgehead atoms. The van der Waals surface area contributed by atoms with E-state index in [1.807, 2.05) is 0 Å². The van der Waals surface area contributed by atoms with Crippen LogP contribution in [0, 0.1) is 17.8 Å². The zero-order valence-electron chi connectivity index (χ0n) is 17.8. The molecule has 0 aromatic heterocycles. The molecule has 29 heavy (non-hydrogen) atoms. The van der Waals surface area contributed by atoms with Crippen LogP contribution in [-0.2, 0) is 0 Å². The third kappa shape index (κ3) is 2.98. The molecule has 0 saturated heterocycles. The summed E-state index contributed by atoms with van der Waals surface area (Å²) < 4.78 is 2.76. The van der Waals surface area contributed by atoms with Gasteiger partial charge in [-0.05, 0) is 54.0 Å². The molecule has 1 heterocycles. The van der Waals surface area contributed by atoms with Gasteiger partial charge in [-0.15, -0.1) is 0 Å². The Labute approximate surface area is 176 Å². The number of fused-ring (bicyclic) bond motifs is 3. The first-order valence-electron chi connectivity index (χ1n) is 11.2. The lowest BCUT2D eigenvalue weighted by atomic mass is 9.84. The summed E-state index contributed by atoms with van der Waals surface area (Å²) in [6.07, 6.45) is 13.6. The number of rotatable bonds is 4. The van der Waals surface area contributed by atoms with Crippen LogP contribution < -0.4 is 9.88 Å². The zero-order valence-corrected chi connectivity index (χ0v) is 18.8. The first kappa shape index (κ1) is 18.7. The Hall–Kier alpha value is -2.26. The lowest BCUT2D eigenvalue weighted by Crippen LogP contribution is -2.52. The molecule has 2 aromatic carbocycles. The van der Waals surface area contributed by atoms with E-state index in [0.717, 1.165) is 17.4 Å². The van der Waals surface area contributed by atoms with Gasteiger partial charge in [0.15, 0.2) is 8.24 Å². The number of hydrogen-bond acceptors (Lipinski definition) is 2. The smallest absolute Gasteiger partial charge is 0.160 e. The van der Waals surface area contributed by atoms with Crippen LogP contribution in [0.2, 0.25) is 18.6 Å². The molecule has 2 nitrogen and oxygen atoms in total. The molecule has 1 saturated carbocycles. The zero-order chi connectivity index (χ0) is 20.0. The molecule has 2 aromatic rings. The molecule has 5 rings (SSSR count). The number of hydrogen-bond donors (Lipinski definition) is 1. The highest BCUT2D eigenvalue weighted by Crippen LogP contribution is 2.57. The van der Waals surface area contributed by atoms with Crippen molar-refractivity contribution in [2.24, 2.45) is 17.8 Å². The number of benzene rings is 2.